The first kappa shape index (κ1) is 15.1. The highest BCUT2D eigenvalue weighted by molar-refractivity contribution is 5.74. The fourth-order valence-corrected chi connectivity index (χ4v) is 3.02. The molecule has 0 amide bonds. The molecule has 0 bridgehead atoms. The van der Waals surface area contributed by atoms with E-state index in [-0.39, 0.29) is 0 Å². The monoisotopic (exact) mass is 323 g/mol. The summed E-state index contributed by atoms with van der Waals surface area (Å²) >= 11 is 0. The van der Waals surface area contributed by atoms with Gasteiger partial charge in [-0.25, -0.2) is 9.97 Å². The Morgan fingerprint density at radius 3 is 2.67 bits per heavy atom. The van der Waals surface area contributed by atoms with E-state index in [0.717, 1.165) is 67.8 Å². The van der Waals surface area contributed by atoms with Crippen molar-refractivity contribution in [3.05, 3.63) is 48.0 Å². The highest BCUT2D eigenvalue weighted by atomic mass is 16.4. The van der Waals surface area contributed by atoms with Crippen LogP contribution in [0.1, 0.15) is 18.4 Å². The molecular weight excluding hydrogens is 302 g/mol. The van der Waals surface area contributed by atoms with Crippen molar-refractivity contribution in [2.45, 2.75) is 19.9 Å². The van der Waals surface area contributed by atoms with Gasteiger partial charge in [-0.1, -0.05) is 19.1 Å². The maximum absolute atomic E-state index is 5.87. The Hall–Kier alpha value is -2.47. The number of anilines is 1. The van der Waals surface area contributed by atoms with Crippen LogP contribution in [0, 0.1) is 0 Å². The molecule has 0 saturated carbocycles. The molecule has 0 radical (unpaired) electrons. The molecule has 1 aliphatic heterocycles. The standard InChI is InChI=1S/C18H21N5O/c1-2-17-19-8-7-14(20-17)13-22-9-11-23(12-10-22)18-21-15-5-3-4-6-16(15)24-18/h3-8H,2,9-13H2,1H3. The molecule has 0 aliphatic carbocycles. The predicted molar refractivity (Wildman–Crippen MR) is 92.9 cm³/mol. The molecule has 124 valence electrons. The van der Waals surface area contributed by atoms with Crippen molar-refractivity contribution in [1.29, 1.82) is 0 Å². The van der Waals surface area contributed by atoms with Gasteiger partial charge in [0.05, 0.1) is 5.69 Å². The number of fused-ring (bicyclic) bond motifs is 1. The number of rotatable bonds is 4. The molecule has 6 heteroatoms. The molecule has 0 N–H and O–H groups in total. The Bertz CT molecular complexity index is 790. The average molecular weight is 323 g/mol. The van der Waals surface area contributed by atoms with E-state index in [1.807, 2.05) is 36.5 Å². The first-order chi connectivity index (χ1) is 11.8. The van der Waals surface area contributed by atoms with E-state index in [1.54, 1.807) is 0 Å². The van der Waals surface area contributed by atoms with Gasteiger partial charge in [0.1, 0.15) is 11.3 Å². The van der Waals surface area contributed by atoms with Gasteiger partial charge >= 0.3 is 0 Å². The van der Waals surface area contributed by atoms with Crippen LogP contribution in [0.5, 0.6) is 0 Å². The van der Waals surface area contributed by atoms with Gasteiger partial charge in [-0.2, -0.15) is 4.98 Å². The van der Waals surface area contributed by atoms with Crippen LogP contribution in [0.25, 0.3) is 11.1 Å². The van der Waals surface area contributed by atoms with Crippen molar-refractivity contribution in [3.8, 4) is 0 Å². The van der Waals surface area contributed by atoms with E-state index >= 15 is 0 Å². The molecule has 1 fully saturated rings. The summed E-state index contributed by atoms with van der Waals surface area (Å²) in [6.45, 7) is 6.74. The Labute approximate surface area is 141 Å². The first-order valence-corrected chi connectivity index (χ1v) is 8.45. The molecule has 2 aromatic heterocycles. The SMILES string of the molecule is CCc1nccc(CN2CCN(c3nc4ccccc4o3)CC2)n1. The van der Waals surface area contributed by atoms with Crippen molar-refractivity contribution in [1.82, 2.24) is 19.9 Å². The van der Waals surface area contributed by atoms with Gasteiger partial charge in [0.25, 0.3) is 6.01 Å². The Kier molecular flexibility index (Phi) is 4.13. The normalized spacial score (nSPS) is 16.0. The molecule has 6 nitrogen and oxygen atoms in total. The topological polar surface area (TPSA) is 58.3 Å². The summed E-state index contributed by atoms with van der Waals surface area (Å²) in [6.07, 6.45) is 2.73. The first-order valence-electron chi connectivity index (χ1n) is 8.45. The zero-order chi connectivity index (χ0) is 16.4. The van der Waals surface area contributed by atoms with Gasteiger partial charge in [-0.3, -0.25) is 4.90 Å². The quantitative estimate of drug-likeness (QED) is 0.735. The average Bonchev–Trinajstić information content (AvgIpc) is 3.06. The lowest BCUT2D eigenvalue weighted by molar-refractivity contribution is 0.242. The number of benzene rings is 1. The molecule has 24 heavy (non-hydrogen) atoms. The summed E-state index contributed by atoms with van der Waals surface area (Å²) in [5, 5.41) is 0. The largest absolute Gasteiger partial charge is 0.423 e. The molecule has 3 aromatic rings. The predicted octanol–water partition coefficient (Wildman–Crippen LogP) is 2.50. The number of nitrogens with zero attached hydrogens (tertiary/aromatic N) is 5. The van der Waals surface area contributed by atoms with Crippen LogP contribution in [-0.2, 0) is 13.0 Å². The van der Waals surface area contributed by atoms with E-state index in [2.05, 4.69) is 31.7 Å². The van der Waals surface area contributed by atoms with Crippen molar-refractivity contribution in [3.63, 3.8) is 0 Å². The summed E-state index contributed by atoms with van der Waals surface area (Å²) < 4.78 is 5.87. The fraction of sp³-hybridized carbons (Fsp3) is 0.389. The van der Waals surface area contributed by atoms with Crippen LogP contribution >= 0.6 is 0 Å². The number of aromatic nitrogens is 3. The minimum absolute atomic E-state index is 0.728. The van der Waals surface area contributed by atoms with Crippen molar-refractivity contribution in [2.75, 3.05) is 31.1 Å². The van der Waals surface area contributed by atoms with E-state index in [4.69, 9.17) is 4.42 Å². The molecule has 4 rings (SSSR count). The van der Waals surface area contributed by atoms with Gasteiger partial charge in [-0.05, 0) is 18.2 Å². The number of hydrogen-bond donors (Lipinski definition) is 0. The summed E-state index contributed by atoms with van der Waals surface area (Å²) in [5.41, 5.74) is 2.86. The summed E-state index contributed by atoms with van der Waals surface area (Å²) in [4.78, 5) is 18.1. The van der Waals surface area contributed by atoms with Gasteiger partial charge in [0.15, 0.2) is 5.58 Å². The molecule has 1 aromatic carbocycles. The number of aryl methyl sites for hydroxylation is 1. The summed E-state index contributed by atoms with van der Waals surface area (Å²) in [6, 6.07) is 10.6. The number of hydrogen-bond acceptors (Lipinski definition) is 6. The van der Waals surface area contributed by atoms with E-state index < -0.39 is 0 Å². The van der Waals surface area contributed by atoms with E-state index in [9.17, 15) is 0 Å². The van der Waals surface area contributed by atoms with Crippen LogP contribution in [0.2, 0.25) is 0 Å². The highest BCUT2D eigenvalue weighted by Gasteiger charge is 2.21. The minimum Gasteiger partial charge on any atom is -0.423 e. The minimum atomic E-state index is 0.728. The molecule has 0 unspecified atom stereocenters. The zero-order valence-corrected chi connectivity index (χ0v) is 13.9. The number of piperazine rings is 1. The number of para-hydroxylation sites is 2. The fourth-order valence-electron chi connectivity index (χ4n) is 3.02. The Morgan fingerprint density at radius 2 is 1.88 bits per heavy atom. The lowest BCUT2D eigenvalue weighted by atomic mass is 10.3. The number of oxazole rings is 1. The van der Waals surface area contributed by atoms with Crippen LogP contribution in [-0.4, -0.2) is 46.0 Å². The third kappa shape index (κ3) is 3.10. The Balaban J connectivity index is 1.39. The van der Waals surface area contributed by atoms with Gasteiger partial charge in [0, 0.05) is 45.3 Å². The van der Waals surface area contributed by atoms with Crippen LogP contribution in [0.15, 0.2) is 40.9 Å². The second-order valence-electron chi connectivity index (χ2n) is 6.05. The second-order valence-corrected chi connectivity index (χ2v) is 6.05. The van der Waals surface area contributed by atoms with E-state index in [0.29, 0.717) is 0 Å². The van der Waals surface area contributed by atoms with Gasteiger partial charge in [0.2, 0.25) is 0 Å². The van der Waals surface area contributed by atoms with Crippen molar-refractivity contribution >= 4 is 17.1 Å². The Morgan fingerprint density at radius 1 is 1.04 bits per heavy atom. The second kappa shape index (κ2) is 6.57. The molecule has 3 heterocycles. The smallest absolute Gasteiger partial charge is 0.298 e. The van der Waals surface area contributed by atoms with Crippen LogP contribution in [0.3, 0.4) is 0 Å². The van der Waals surface area contributed by atoms with Crippen LogP contribution in [0.4, 0.5) is 6.01 Å². The maximum Gasteiger partial charge on any atom is 0.298 e. The zero-order valence-electron chi connectivity index (χ0n) is 13.9. The van der Waals surface area contributed by atoms with Gasteiger partial charge in [-0.15, -0.1) is 0 Å². The molecule has 1 aliphatic rings. The maximum atomic E-state index is 5.87. The van der Waals surface area contributed by atoms with E-state index in [1.165, 1.54) is 0 Å². The lowest BCUT2D eigenvalue weighted by Crippen LogP contribution is -2.46. The molecule has 0 atom stereocenters. The van der Waals surface area contributed by atoms with Crippen molar-refractivity contribution in [2.24, 2.45) is 0 Å². The highest BCUT2D eigenvalue weighted by Crippen LogP contribution is 2.22. The molecular formula is C18H21N5O. The summed E-state index contributed by atoms with van der Waals surface area (Å²) in [5.74, 6) is 0.914. The molecule has 1 saturated heterocycles. The molecule has 0 spiro atoms. The third-order valence-electron chi connectivity index (χ3n) is 4.39. The van der Waals surface area contributed by atoms with Gasteiger partial charge < -0.3 is 9.32 Å². The lowest BCUT2D eigenvalue weighted by Gasteiger charge is -2.33. The third-order valence-corrected chi connectivity index (χ3v) is 4.39. The summed E-state index contributed by atoms with van der Waals surface area (Å²) in [7, 11) is 0. The van der Waals surface area contributed by atoms with Crippen molar-refractivity contribution < 1.29 is 4.42 Å². The van der Waals surface area contributed by atoms with Crippen LogP contribution < -0.4 is 4.90 Å².